The summed E-state index contributed by atoms with van der Waals surface area (Å²) in [6.45, 7) is 4.11. The van der Waals surface area contributed by atoms with Gasteiger partial charge in [-0.2, -0.15) is 13.2 Å². The van der Waals surface area contributed by atoms with Gasteiger partial charge in [-0.05, 0) is 53.1 Å². The number of hydrogen-bond acceptors (Lipinski definition) is 6. The molecule has 3 aliphatic rings. The van der Waals surface area contributed by atoms with E-state index < -0.39 is 17.3 Å². The number of likely N-dealkylation sites (tertiary alicyclic amines) is 1. The first-order valence-corrected chi connectivity index (χ1v) is 14.3. The summed E-state index contributed by atoms with van der Waals surface area (Å²) in [7, 11) is 0. The second kappa shape index (κ2) is 11.8. The van der Waals surface area contributed by atoms with Crippen LogP contribution in [0.25, 0.3) is 0 Å². The normalized spacial score (nSPS) is 18.0. The number of piperidine rings is 1. The fourth-order valence-electron chi connectivity index (χ4n) is 5.72. The average molecular weight is 596 g/mol. The summed E-state index contributed by atoms with van der Waals surface area (Å²) in [5.41, 5.74) is 1.90. The van der Waals surface area contributed by atoms with Crippen LogP contribution in [0.1, 0.15) is 45.5 Å². The molecule has 2 amide bonds. The molecular formula is C32H32F3N3O5. The Balaban J connectivity index is 0.975. The van der Waals surface area contributed by atoms with E-state index in [1.807, 2.05) is 30.3 Å². The van der Waals surface area contributed by atoms with E-state index in [2.05, 4.69) is 10.2 Å². The first kappa shape index (κ1) is 28.9. The molecule has 1 N–H and O–H groups in total. The molecule has 226 valence electrons. The quantitative estimate of drug-likeness (QED) is 0.395. The van der Waals surface area contributed by atoms with Gasteiger partial charge in [0.25, 0.3) is 5.91 Å². The van der Waals surface area contributed by atoms with Crippen LogP contribution < -0.4 is 14.8 Å². The maximum absolute atomic E-state index is 12.8. The number of rotatable bonds is 7. The lowest BCUT2D eigenvalue weighted by atomic mass is 9.91. The SMILES string of the molecule is O=C(NCc1ccc2c(c1)OCCO2)c1ccc(CN2CC3(CCN(Cc4ccc(C(F)(F)F)cc4)CC3)OC2=O)cc1. The number of hydrogen-bond donors (Lipinski definition) is 1. The first-order valence-electron chi connectivity index (χ1n) is 14.3. The summed E-state index contributed by atoms with van der Waals surface area (Å²) in [6, 6.07) is 18.0. The summed E-state index contributed by atoms with van der Waals surface area (Å²) in [6.07, 6.45) is -3.41. The molecule has 0 aliphatic carbocycles. The molecule has 0 unspecified atom stereocenters. The molecule has 6 rings (SSSR count). The number of nitrogens with zero attached hydrogens (tertiary/aromatic N) is 2. The van der Waals surface area contributed by atoms with Crippen molar-refractivity contribution in [3.63, 3.8) is 0 Å². The third-order valence-corrected chi connectivity index (χ3v) is 8.14. The molecule has 0 saturated carbocycles. The smallest absolute Gasteiger partial charge is 0.416 e. The van der Waals surface area contributed by atoms with Crippen LogP contribution in [0.15, 0.2) is 66.7 Å². The molecule has 2 saturated heterocycles. The number of amides is 2. The molecule has 3 aromatic rings. The zero-order chi connectivity index (χ0) is 30.0. The maximum atomic E-state index is 12.8. The van der Waals surface area contributed by atoms with Gasteiger partial charge in [0, 0.05) is 51.1 Å². The van der Waals surface area contributed by atoms with Crippen molar-refractivity contribution in [2.45, 2.75) is 44.3 Å². The number of carbonyl (C=O) groups excluding carboxylic acids is 2. The highest BCUT2D eigenvalue weighted by Crippen LogP contribution is 2.35. The molecule has 2 fully saturated rings. The molecule has 3 aliphatic heterocycles. The Labute approximate surface area is 247 Å². The highest BCUT2D eigenvalue weighted by atomic mass is 19.4. The Morgan fingerprint density at radius 3 is 2.16 bits per heavy atom. The molecule has 8 nitrogen and oxygen atoms in total. The Morgan fingerprint density at radius 2 is 1.47 bits per heavy atom. The van der Waals surface area contributed by atoms with Gasteiger partial charge < -0.3 is 19.5 Å². The summed E-state index contributed by atoms with van der Waals surface area (Å²) in [5.74, 6) is 1.17. The number of carbonyl (C=O) groups is 2. The minimum atomic E-state index is -4.35. The first-order chi connectivity index (χ1) is 20.7. The maximum Gasteiger partial charge on any atom is 0.416 e. The summed E-state index contributed by atoms with van der Waals surface area (Å²) < 4.78 is 55.5. The van der Waals surface area contributed by atoms with Crippen LogP contribution in [-0.4, -0.2) is 60.2 Å². The van der Waals surface area contributed by atoms with Crippen LogP contribution in [-0.2, 0) is 30.5 Å². The fourth-order valence-corrected chi connectivity index (χ4v) is 5.72. The largest absolute Gasteiger partial charge is 0.486 e. The van der Waals surface area contributed by atoms with E-state index in [1.165, 1.54) is 12.1 Å². The molecule has 0 radical (unpaired) electrons. The predicted octanol–water partition coefficient (Wildman–Crippen LogP) is 5.39. The van der Waals surface area contributed by atoms with Crippen LogP contribution in [0.3, 0.4) is 0 Å². The summed E-state index contributed by atoms with van der Waals surface area (Å²) in [5, 5.41) is 2.92. The van der Waals surface area contributed by atoms with Gasteiger partial charge in [0.2, 0.25) is 0 Å². The third-order valence-electron chi connectivity index (χ3n) is 8.14. The zero-order valence-corrected chi connectivity index (χ0v) is 23.5. The molecular weight excluding hydrogens is 563 g/mol. The van der Waals surface area contributed by atoms with E-state index in [4.69, 9.17) is 14.2 Å². The molecule has 0 bridgehead atoms. The number of fused-ring (bicyclic) bond motifs is 1. The number of benzene rings is 3. The lowest BCUT2D eigenvalue weighted by Gasteiger charge is -2.37. The van der Waals surface area contributed by atoms with Crippen molar-refractivity contribution >= 4 is 12.0 Å². The van der Waals surface area contributed by atoms with Gasteiger partial charge in [0.15, 0.2) is 11.5 Å². The molecule has 1 spiro atoms. The van der Waals surface area contributed by atoms with Crippen LogP contribution in [0.5, 0.6) is 11.5 Å². The van der Waals surface area contributed by atoms with Crippen LogP contribution in [0.2, 0.25) is 0 Å². The summed E-state index contributed by atoms with van der Waals surface area (Å²) >= 11 is 0. The third kappa shape index (κ3) is 6.72. The van der Waals surface area contributed by atoms with Crippen molar-refractivity contribution in [3.8, 4) is 11.5 Å². The Hall–Kier alpha value is -4.25. The van der Waals surface area contributed by atoms with E-state index in [1.54, 1.807) is 17.0 Å². The zero-order valence-electron chi connectivity index (χ0n) is 23.5. The summed E-state index contributed by atoms with van der Waals surface area (Å²) in [4.78, 5) is 29.3. The molecule has 3 heterocycles. The number of halogens is 3. The van der Waals surface area contributed by atoms with E-state index in [9.17, 15) is 22.8 Å². The van der Waals surface area contributed by atoms with Gasteiger partial charge in [-0.1, -0.05) is 30.3 Å². The molecule has 43 heavy (non-hydrogen) atoms. The minimum absolute atomic E-state index is 0.205. The van der Waals surface area contributed by atoms with Gasteiger partial charge in [-0.25, -0.2) is 4.79 Å². The van der Waals surface area contributed by atoms with Crippen molar-refractivity contribution < 1.29 is 37.0 Å². The van der Waals surface area contributed by atoms with Crippen molar-refractivity contribution in [2.75, 3.05) is 32.8 Å². The molecule has 3 aromatic carbocycles. The van der Waals surface area contributed by atoms with Gasteiger partial charge >= 0.3 is 12.3 Å². The fraction of sp³-hybridized carbons (Fsp3) is 0.375. The lowest BCUT2D eigenvalue weighted by molar-refractivity contribution is -0.137. The molecule has 0 aromatic heterocycles. The van der Waals surface area contributed by atoms with E-state index in [0.29, 0.717) is 82.4 Å². The van der Waals surface area contributed by atoms with E-state index in [0.717, 1.165) is 28.8 Å². The Kier molecular flexibility index (Phi) is 7.91. The Morgan fingerprint density at radius 1 is 0.837 bits per heavy atom. The Bertz CT molecular complexity index is 1470. The topological polar surface area (TPSA) is 80.3 Å². The van der Waals surface area contributed by atoms with Crippen molar-refractivity contribution in [2.24, 2.45) is 0 Å². The van der Waals surface area contributed by atoms with Crippen molar-refractivity contribution in [1.82, 2.24) is 15.1 Å². The molecule has 11 heteroatoms. The van der Waals surface area contributed by atoms with Crippen LogP contribution >= 0.6 is 0 Å². The van der Waals surface area contributed by atoms with Gasteiger partial charge in [-0.3, -0.25) is 14.6 Å². The number of nitrogens with one attached hydrogen (secondary N) is 1. The van der Waals surface area contributed by atoms with Crippen LogP contribution in [0, 0.1) is 0 Å². The van der Waals surface area contributed by atoms with Crippen LogP contribution in [0.4, 0.5) is 18.0 Å². The van der Waals surface area contributed by atoms with Gasteiger partial charge in [-0.15, -0.1) is 0 Å². The molecule has 0 atom stereocenters. The van der Waals surface area contributed by atoms with Crippen molar-refractivity contribution in [1.29, 1.82) is 0 Å². The number of ether oxygens (including phenoxy) is 3. The van der Waals surface area contributed by atoms with E-state index >= 15 is 0 Å². The highest BCUT2D eigenvalue weighted by molar-refractivity contribution is 5.94. The standard InChI is InChI=1S/C32H32F3N3O5/c33-32(34,35)26-8-3-22(4-9-26)19-37-13-11-31(12-14-37)21-38(30(40)43-31)20-23-1-6-25(7-2-23)29(39)36-18-24-5-10-27-28(17-24)42-16-15-41-27/h1-10,17H,11-16,18-21H2,(H,36,39). The average Bonchev–Trinajstić information content (AvgIpc) is 3.31. The monoisotopic (exact) mass is 595 g/mol. The van der Waals surface area contributed by atoms with Crippen molar-refractivity contribution in [3.05, 3.63) is 94.5 Å². The minimum Gasteiger partial charge on any atom is -0.486 e. The van der Waals surface area contributed by atoms with E-state index in [-0.39, 0.29) is 12.0 Å². The highest BCUT2D eigenvalue weighted by Gasteiger charge is 2.46. The van der Waals surface area contributed by atoms with Gasteiger partial charge in [0.1, 0.15) is 18.8 Å². The lowest BCUT2D eigenvalue weighted by Crippen LogP contribution is -2.46. The number of alkyl halides is 3. The second-order valence-electron chi connectivity index (χ2n) is 11.2. The second-order valence-corrected chi connectivity index (χ2v) is 11.2. The predicted molar refractivity (Wildman–Crippen MR) is 151 cm³/mol. The van der Waals surface area contributed by atoms with Gasteiger partial charge in [0.05, 0.1) is 12.1 Å².